The fourth-order valence-electron chi connectivity index (χ4n) is 1.96. The number of nitrogens with one attached hydrogen (secondary N) is 2. The van der Waals surface area contributed by atoms with Crippen LogP contribution in [0, 0.1) is 10.1 Å². The predicted molar refractivity (Wildman–Crippen MR) is 73.9 cm³/mol. The zero-order valence-corrected chi connectivity index (χ0v) is 10.9. The highest BCUT2D eigenvalue weighted by Gasteiger charge is 2.16. The van der Waals surface area contributed by atoms with Gasteiger partial charge >= 0.3 is 0 Å². The average Bonchev–Trinajstić information content (AvgIpc) is 3.05. The number of hydrogen-bond acceptors (Lipinski definition) is 5. The van der Waals surface area contributed by atoms with Crippen LogP contribution in [0.15, 0.2) is 30.7 Å². The first-order valence-electron chi connectivity index (χ1n) is 5.96. The SMILES string of the molecule is Cn1cncc1C(=O)Nc1n[nH]c2ccc([N+](=O)[O-])cc12. The number of anilines is 1. The number of rotatable bonds is 3. The molecule has 1 amide bonds. The largest absolute Gasteiger partial charge is 0.330 e. The van der Waals surface area contributed by atoms with Gasteiger partial charge < -0.3 is 9.88 Å². The van der Waals surface area contributed by atoms with Crippen molar-refractivity contribution in [3.63, 3.8) is 0 Å². The van der Waals surface area contributed by atoms with Crippen molar-refractivity contribution < 1.29 is 9.72 Å². The van der Waals surface area contributed by atoms with E-state index in [2.05, 4.69) is 20.5 Å². The lowest BCUT2D eigenvalue weighted by Gasteiger charge is -2.02. The molecule has 0 spiro atoms. The Balaban J connectivity index is 1.97. The third kappa shape index (κ3) is 2.20. The fourth-order valence-corrected chi connectivity index (χ4v) is 1.96. The molecule has 2 N–H and O–H groups in total. The van der Waals surface area contributed by atoms with Gasteiger partial charge in [-0.15, -0.1) is 0 Å². The Labute approximate surface area is 117 Å². The summed E-state index contributed by atoms with van der Waals surface area (Å²) < 4.78 is 1.56. The molecule has 2 aromatic heterocycles. The van der Waals surface area contributed by atoms with Gasteiger partial charge in [-0.3, -0.25) is 20.0 Å². The molecule has 1 aromatic carbocycles. The molecule has 21 heavy (non-hydrogen) atoms. The summed E-state index contributed by atoms with van der Waals surface area (Å²) in [5.41, 5.74) is 0.886. The first kappa shape index (κ1) is 12.8. The van der Waals surface area contributed by atoms with Gasteiger partial charge in [0.05, 0.1) is 28.4 Å². The van der Waals surface area contributed by atoms with Crippen LogP contribution in [0.1, 0.15) is 10.5 Å². The van der Waals surface area contributed by atoms with Crippen LogP contribution < -0.4 is 5.32 Å². The number of carbonyl (C=O) groups excluding carboxylic acids is 1. The Morgan fingerprint density at radius 3 is 2.95 bits per heavy atom. The van der Waals surface area contributed by atoms with Crippen LogP contribution in [0.4, 0.5) is 11.5 Å². The second kappa shape index (κ2) is 4.71. The zero-order valence-electron chi connectivity index (χ0n) is 10.9. The first-order valence-corrected chi connectivity index (χ1v) is 5.96. The summed E-state index contributed by atoms with van der Waals surface area (Å²) in [6, 6.07) is 4.27. The van der Waals surface area contributed by atoms with Crippen molar-refractivity contribution in [2.45, 2.75) is 0 Å². The van der Waals surface area contributed by atoms with E-state index in [0.29, 0.717) is 16.6 Å². The highest BCUT2D eigenvalue weighted by Crippen LogP contribution is 2.25. The van der Waals surface area contributed by atoms with E-state index < -0.39 is 10.8 Å². The van der Waals surface area contributed by atoms with Crippen molar-refractivity contribution in [3.8, 4) is 0 Å². The molecule has 9 heteroatoms. The minimum atomic E-state index is -0.501. The third-order valence-electron chi connectivity index (χ3n) is 3.04. The van der Waals surface area contributed by atoms with Crippen LogP contribution in [0.3, 0.4) is 0 Å². The molecule has 3 aromatic rings. The van der Waals surface area contributed by atoms with Gasteiger partial charge in [-0.2, -0.15) is 5.10 Å². The second-order valence-corrected chi connectivity index (χ2v) is 4.40. The number of amides is 1. The van der Waals surface area contributed by atoms with Crippen molar-refractivity contribution in [2.75, 3.05) is 5.32 Å². The minimum Gasteiger partial charge on any atom is -0.330 e. The van der Waals surface area contributed by atoms with Gasteiger partial charge in [0.25, 0.3) is 11.6 Å². The number of H-pyrrole nitrogens is 1. The van der Waals surface area contributed by atoms with Gasteiger partial charge in [-0.1, -0.05) is 0 Å². The van der Waals surface area contributed by atoms with E-state index >= 15 is 0 Å². The van der Waals surface area contributed by atoms with Crippen LogP contribution in [0.5, 0.6) is 0 Å². The lowest BCUT2D eigenvalue weighted by Crippen LogP contribution is -2.15. The zero-order chi connectivity index (χ0) is 15.0. The van der Waals surface area contributed by atoms with E-state index in [4.69, 9.17) is 0 Å². The normalized spacial score (nSPS) is 10.7. The molecule has 3 rings (SSSR count). The Bertz CT molecular complexity index is 850. The van der Waals surface area contributed by atoms with E-state index in [9.17, 15) is 14.9 Å². The average molecular weight is 286 g/mol. The van der Waals surface area contributed by atoms with Crippen molar-refractivity contribution in [3.05, 3.63) is 46.5 Å². The number of imidazole rings is 1. The van der Waals surface area contributed by atoms with E-state index in [0.717, 1.165) is 0 Å². The topological polar surface area (TPSA) is 119 Å². The van der Waals surface area contributed by atoms with Gasteiger partial charge in [0.1, 0.15) is 5.69 Å². The smallest absolute Gasteiger partial charge is 0.275 e. The summed E-state index contributed by atoms with van der Waals surface area (Å²) in [5, 5.41) is 20.6. The molecule has 0 saturated carbocycles. The maximum atomic E-state index is 12.1. The fraction of sp³-hybridized carbons (Fsp3) is 0.0833. The Kier molecular flexibility index (Phi) is 2.87. The Hall–Kier alpha value is -3.23. The molecule has 0 aliphatic carbocycles. The van der Waals surface area contributed by atoms with Gasteiger partial charge in [-0.25, -0.2) is 4.98 Å². The van der Waals surface area contributed by atoms with Crippen LogP contribution in [0.25, 0.3) is 10.9 Å². The molecule has 0 fully saturated rings. The molecule has 0 aliphatic heterocycles. The lowest BCUT2D eigenvalue weighted by atomic mass is 10.2. The van der Waals surface area contributed by atoms with Crippen LogP contribution in [-0.4, -0.2) is 30.6 Å². The number of nitro benzene ring substituents is 1. The summed E-state index contributed by atoms with van der Waals surface area (Å²) in [7, 11) is 1.69. The standard InChI is InChI=1S/C12H10N6O3/c1-17-6-13-5-10(17)12(19)14-11-8-4-7(18(20)21)2-3-9(8)15-16-11/h2-6H,1H3,(H2,14,15,16,19). The molecule has 2 heterocycles. The summed E-state index contributed by atoms with van der Waals surface area (Å²) >= 11 is 0. The summed E-state index contributed by atoms with van der Waals surface area (Å²) in [6.45, 7) is 0. The van der Waals surface area contributed by atoms with E-state index in [1.54, 1.807) is 17.7 Å². The van der Waals surface area contributed by atoms with E-state index in [1.165, 1.54) is 24.7 Å². The predicted octanol–water partition coefficient (Wildman–Crippen LogP) is 1.46. The second-order valence-electron chi connectivity index (χ2n) is 4.40. The molecule has 0 bridgehead atoms. The van der Waals surface area contributed by atoms with Gasteiger partial charge in [-0.05, 0) is 6.07 Å². The highest BCUT2D eigenvalue weighted by molar-refractivity contribution is 6.07. The van der Waals surface area contributed by atoms with Gasteiger partial charge in [0.15, 0.2) is 5.82 Å². The molecule has 0 radical (unpaired) electrons. The van der Waals surface area contributed by atoms with Gasteiger partial charge in [0, 0.05) is 19.2 Å². The van der Waals surface area contributed by atoms with Crippen molar-refractivity contribution in [1.82, 2.24) is 19.7 Å². The van der Waals surface area contributed by atoms with Crippen LogP contribution >= 0.6 is 0 Å². The number of nitrogens with zero attached hydrogens (tertiary/aromatic N) is 4. The number of non-ortho nitro benzene ring substituents is 1. The monoisotopic (exact) mass is 286 g/mol. The molecule has 0 unspecified atom stereocenters. The van der Waals surface area contributed by atoms with E-state index in [1.807, 2.05) is 0 Å². The Morgan fingerprint density at radius 2 is 2.29 bits per heavy atom. The maximum absolute atomic E-state index is 12.1. The number of hydrogen-bond donors (Lipinski definition) is 2. The lowest BCUT2D eigenvalue weighted by molar-refractivity contribution is -0.384. The molecular weight excluding hydrogens is 276 g/mol. The summed E-state index contributed by atoms with van der Waals surface area (Å²) in [5.74, 6) is -0.158. The van der Waals surface area contributed by atoms with Gasteiger partial charge in [0.2, 0.25) is 0 Å². The molecule has 0 aliphatic rings. The molecular formula is C12H10N6O3. The quantitative estimate of drug-likeness (QED) is 0.558. The highest BCUT2D eigenvalue weighted by atomic mass is 16.6. The van der Waals surface area contributed by atoms with Crippen molar-refractivity contribution in [2.24, 2.45) is 7.05 Å². The van der Waals surface area contributed by atoms with E-state index in [-0.39, 0.29) is 11.5 Å². The molecule has 0 atom stereocenters. The molecule has 0 saturated heterocycles. The number of aryl methyl sites for hydroxylation is 1. The summed E-state index contributed by atoms with van der Waals surface area (Å²) in [6.07, 6.45) is 2.93. The van der Waals surface area contributed by atoms with Crippen molar-refractivity contribution in [1.29, 1.82) is 0 Å². The van der Waals surface area contributed by atoms with Crippen molar-refractivity contribution >= 4 is 28.3 Å². The number of nitro groups is 1. The minimum absolute atomic E-state index is 0.0695. The number of carbonyl (C=O) groups is 1. The molecule has 9 nitrogen and oxygen atoms in total. The number of fused-ring (bicyclic) bond motifs is 1. The van der Waals surface area contributed by atoms with Crippen LogP contribution in [0.2, 0.25) is 0 Å². The Morgan fingerprint density at radius 1 is 1.48 bits per heavy atom. The number of aromatic amines is 1. The maximum Gasteiger partial charge on any atom is 0.275 e. The molecule has 106 valence electrons. The summed E-state index contributed by atoms with van der Waals surface area (Å²) in [4.78, 5) is 26.3. The first-order chi connectivity index (χ1) is 10.1. The number of benzene rings is 1. The third-order valence-corrected chi connectivity index (χ3v) is 3.04. The van der Waals surface area contributed by atoms with Crippen LogP contribution in [-0.2, 0) is 7.05 Å². The number of aromatic nitrogens is 4.